The van der Waals surface area contributed by atoms with E-state index in [0.29, 0.717) is 0 Å². The summed E-state index contributed by atoms with van der Waals surface area (Å²) in [6.45, 7) is 2.82. The molecule has 3 nitrogen and oxygen atoms in total. The van der Waals surface area contributed by atoms with Crippen LogP contribution in [0.5, 0.6) is 0 Å². The third-order valence-electron chi connectivity index (χ3n) is 2.86. The Morgan fingerprint density at radius 2 is 2.05 bits per heavy atom. The second-order valence-electron chi connectivity index (χ2n) is 4.51. The molecular formula is C15H18BrN3. The zero-order chi connectivity index (χ0) is 13.5. The predicted molar refractivity (Wildman–Crippen MR) is 83.2 cm³/mol. The van der Waals surface area contributed by atoms with Crippen LogP contribution in [0.1, 0.15) is 5.56 Å². The van der Waals surface area contributed by atoms with Crippen molar-refractivity contribution in [1.29, 1.82) is 0 Å². The van der Waals surface area contributed by atoms with Crippen molar-refractivity contribution in [3.05, 3.63) is 58.8 Å². The maximum atomic E-state index is 4.13. The quantitative estimate of drug-likeness (QED) is 0.884. The molecule has 19 heavy (non-hydrogen) atoms. The van der Waals surface area contributed by atoms with Gasteiger partial charge in [-0.05, 0) is 46.7 Å². The highest BCUT2D eigenvalue weighted by molar-refractivity contribution is 9.10. The molecule has 4 heteroatoms. The summed E-state index contributed by atoms with van der Waals surface area (Å²) in [6.07, 6.45) is 3.72. The van der Waals surface area contributed by atoms with Crippen LogP contribution in [0.4, 0.5) is 5.69 Å². The van der Waals surface area contributed by atoms with E-state index < -0.39 is 0 Å². The molecule has 100 valence electrons. The van der Waals surface area contributed by atoms with E-state index in [4.69, 9.17) is 0 Å². The van der Waals surface area contributed by atoms with E-state index in [1.807, 2.05) is 30.5 Å². The minimum absolute atomic E-state index is 0.916. The highest BCUT2D eigenvalue weighted by atomic mass is 79.9. The SMILES string of the molecule is CN(CCNc1ccccc1Br)Cc1cccnc1. The van der Waals surface area contributed by atoms with Gasteiger partial charge in [-0.2, -0.15) is 0 Å². The smallest absolute Gasteiger partial charge is 0.0485 e. The van der Waals surface area contributed by atoms with Crippen LogP contribution in [0, 0.1) is 0 Å². The number of aromatic nitrogens is 1. The number of benzene rings is 1. The number of rotatable bonds is 6. The fraction of sp³-hybridized carbons (Fsp3) is 0.267. The number of hydrogen-bond acceptors (Lipinski definition) is 3. The zero-order valence-corrected chi connectivity index (χ0v) is 12.6. The summed E-state index contributed by atoms with van der Waals surface area (Å²) < 4.78 is 1.10. The van der Waals surface area contributed by atoms with Crippen LogP contribution >= 0.6 is 15.9 Å². The molecule has 0 aliphatic carbocycles. The van der Waals surface area contributed by atoms with E-state index in [9.17, 15) is 0 Å². The van der Waals surface area contributed by atoms with Crippen LogP contribution in [0.15, 0.2) is 53.3 Å². The highest BCUT2D eigenvalue weighted by Gasteiger charge is 2.01. The number of likely N-dealkylation sites (N-methyl/N-ethyl adjacent to an activating group) is 1. The van der Waals surface area contributed by atoms with E-state index in [-0.39, 0.29) is 0 Å². The van der Waals surface area contributed by atoms with Gasteiger partial charge in [0, 0.05) is 42.2 Å². The molecule has 1 aromatic carbocycles. The Morgan fingerprint density at radius 3 is 2.79 bits per heavy atom. The number of nitrogens with one attached hydrogen (secondary N) is 1. The summed E-state index contributed by atoms with van der Waals surface area (Å²) in [6, 6.07) is 12.2. The van der Waals surface area contributed by atoms with Crippen LogP contribution in [0.3, 0.4) is 0 Å². The summed E-state index contributed by atoms with van der Waals surface area (Å²) in [5.74, 6) is 0. The van der Waals surface area contributed by atoms with Crippen molar-refractivity contribution in [3.63, 3.8) is 0 Å². The van der Waals surface area contributed by atoms with Crippen LogP contribution < -0.4 is 5.32 Å². The summed E-state index contributed by atoms with van der Waals surface area (Å²) in [7, 11) is 2.12. The summed E-state index contributed by atoms with van der Waals surface area (Å²) >= 11 is 3.53. The Morgan fingerprint density at radius 1 is 1.21 bits per heavy atom. The molecule has 1 heterocycles. The first-order chi connectivity index (χ1) is 9.25. The summed E-state index contributed by atoms with van der Waals surface area (Å²) in [5.41, 5.74) is 2.38. The number of pyridine rings is 1. The molecule has 1 N–H and O–H groups in total. The standard InChI is InChI=1S/C15H18BrN3/c1-19(12-13-5-4-8-17-11-13)10-9-18-15-7-3-2-6-14(15)16/h2-8,11,18H,9-10,12H2,1H3. The van der Waals surface area contributed by atoms with Crippen LogP contribution in [-0.4, -0.2) is 30.0 Å². The van der Waals surface area contributed by atoms with Crippen molar-refractivity contribution in [2.75, 3.05) is 25.5 Å². The Labute approximate surface area is 122 Å². The first-order valence-corrected chi connectivity index (χ1v) is 7.11. The molecule has 1 aromatic heterocycles. The maximum absolute atomic E-state index is 4.13. The molecule has 0 aliphatic rings. The van der Waals surface area contributed by atoms with Crippen molar-refractivity contribution in [1.82, 2.24) is 9.88 Å². The van der Waals surface area contributed by atoms with Gasteiger partial charge in [0.2, 0.25) is 0 Å². The van der Waals surface area contributed by atoms with Gasteiger partial charge in [0.1, 0.15) is 0 Å². The molecule has 0 unspecified atom stereocenters. The Kier molecular flexibility index (Phi) is 5.36. The van der Waals surface area contributed by atoms with E-state index in [2.05, 4.69) is 50.3 Å². The van der Waals surface area contributed by atoms with Gasteiger partial charge in [-0.3, -0.25) is 4.98 Å². The van der Waals surface area contributed by atoms with Crippen molar-refractivity contribution < 1.29 is 0 Å². The molecular weight excluding hydrogens is 302 g/mol. The van der Waals surface area contributed by atoms with Gasteiger partial charge in [0.25, 0.3) is 0 Å². The number of hydrogen-bond donors (Lipinski definition) is 1. The lowest BCUT2D eigenvalue weighted by atomic mass is 10.2. The molecule has 0 radical (unpaired) electrons. The first kappa shape index (κ1) is 14.0. The van der Waals surface area contributed by atoms with Crippen LogP contribution in [-0.2, 0) is 6.54 Å². The maximum Gasteiger partial charge on any atom is 0.0485 e. The lowest BCUT2D eigenvalue weighted by Gasteiger charge is -2.17. The van der Waals surface area contributed by atoms with Gasteiger partial charge < -0.3 is 10.2 Å². The number of halogens is 1. The third kappa shape index (κ3) is 4.65. The van der Waals surface area contributed by atoms with Crippen molar-refractivity contribution in [2.45, 2.75) is 6.54 Å². The minimum Gasteiger partial charge on any atom is -0.383 e. The molecule has 0 fully saturated rings. The third-order valence-corrected chi connectivity index (χ3v) is 3.55. The Hall–Kier alpha value is -1.39. The van der Waals surface area contributed by atoms with Gasteiger partial charge in [0.15, 0.2) is 0 Å². The van der Waals surface area contributed by atoms with E-state index in [1.165, 1.54) is 5.56 Å². The lowest BCUT2D eigenvalue weighted by Crippen LogP contribution is -2.24. The van der Waals surface area contributed by atoms with Gasteiger partial charge in [0.05, 0.1) is 0 Å². The summed E-state index contributed by atoms with van der Waals surface area (Å²) in [4.78, 5) is 6.41. The van der Waals surface area contributed by atoms with Crippen LogP contribution in [0.25, 0.3) is 0 Å². The molecule has 2 aromatic rings. The average Bonchev–Trinajstić information content (AvgIpc) is 2.42. The monoisotopic (exact) mass is 319 g/mol. The second kappa shape index (κ2) is 7.26. The van der Waals surface area contributed by atoms with E-state index in [1.54, 1.807) is 6.20 Å². The number of para-hydroxylation sites is 1. The normalized spacial score (nSPS) is 10.7. The van der Waals surface area contributed by atoms with E-state index >= 15 is 0 Å². The van der Waals surface area contributed by atoms with Gasteiger partial charge in [-0.1, -0.05) is 18.2 Å². The Bertz CT molecular complexity index is 502. The van der Waals surface area contributed by atoms with Crippen molar-refractivity contribution in [3.8, 4) is 0 Å². The van der Waals surface area contributed by atoms with E-state index in [0.717, 1.165) is 29.8 Å². The first-order valence-electron chi connectivity index (χ1n) is 6.31. The molecule has 0 bridgehead atoms. The molecule has 0 saturated carbocycles. The van der Waals surface area contributed by atoms with Gasteiger partial charge >= 0.3 is 0 Å². The molecule has 0 saturated heterocycles. The highest BCUT2D eigenvalue weighted by Crippen LogP contribution is 2.20. The molecule has 2 rings (SSSR count). The van der Waals surface area contributed by atoms with Crippen molar-refractivity contribution in [2.24, 2.45) is 0 Å². The molecule has 0 aliphatic heterocycles. The molecule has 0 atom stereocenters. The predicted octanol–water partition coefficient (Wildman–Crippen LogP) is 3.39. The number of nitrogens with zero attached hydrogens (tertiary/aromatic N) is 2. The van der Waals surface area contributed by atoms with Crippen LogP contribution in [0.2, 0.25) is 0 Å². The van der Waals surface area contributed by atoms with Gasteiger partial charge in [-0.15, -0.1) is 0 Å². The fourth-order valence-electron chi connectivity index (χ4n) is 1.87. The zero-order valence-electron chi connectivity index (χ0n) is 11.0. The van der Waals surface area contributed by atoms with Gasteiger partial charge in [-0.25, -0.2) is 0 Å². The average molecular weight is 320 g/mol. The molecule has 0 spiro atoms. The van der Waals surface area contributed by atoms with Crippen molar-refractivity contribution >= 4 is 21.6 Å². The number of anilines is 1. The Balaban J connectivity index is 1.75. The lowest BCUT2D eigenvalue weighted by molar-refractivity contribution is 0.339. The summed E-state index contributed by atoms with van der Waals surface area (Å²) in [5, 5.41) is 3.43. The largest absolute Gasteiger partial charge is 0.383 e. The topological polar surface area (TPSA) is 28.2 Å². The molecule has 0 amide bonds. The second-order valence-corrected chi connectivity index (χ2v) is 5.36. The minimum atomic E-state index is 0.916. The fourth-order valence-corrected chi connectivity index (χ4v) is 2.29.